The van der Waals surface area contributed by atoms with E-state index in [-0.39, 0.29) is 0 Å². The van der Waals surface area contributed by atoms with Crippen LogP contribution >= 0.6 is 15.9 Å². The van der Waals surface area contributed by atoms with E-state index in [1.54, 1.807) is 0 Å². The van der Waals surface area contributed by atoms with E-state index in [0.29, 0.717) is 12.0 Å². The Morgan fingerprint density at radius 1 is 1.21 bits per heavy atom. The number of nitrogens with zero attached hydrogens (tertiary/aromatic N) is 1. The third kappa shape index (κ3) is 4.59. The Bertz CT molecular complexity index is 394. The van der Waals surface area contributed by atoms with Gasteiger partial charge in [-0.2, -0.15) is 0 Å². The van der Waals surface area contributed by atoms with E-state index < -0.39 is 0 Å². The van der Waals surface area contributed by atoms with Gasteiger partial charge in [-0.05, 0) is 37.4 Å². The van der Waals surface area contributed by atoms with Crippen molar-refractivity contribution in [2.45, 2.75) is 44.7 Å². The minimum atomic E-state index is 0.393. The molecule has 2 nitrogen and oxygen atoms in total. The molecule has 19 heavy (non-hydrogen) atoms. The Balaban J connectivity index is 1.89. The van der Waals surface area contributed by atoms with Crippen LogP contribution in [0.3, 0.4) is 0 Å². The van der Waals surface area contributed by atoms with E-state index in [2.05, 4.69) is 52.1 Å². The molecule has 1 saturated carbocycles. The van der Waals surface area contributed by atoms with Gasteiger partial charge in [0.25, 0.3) is 0 Å². The number of rotatable bonds is 4. The van der Waals surface area contributed by atoms with Crippen LogP contribution in [0.2, 0.25) is 0 Å². The van der Waals surface area contributed by atoms with Gasteiger partial charge in [0.2, 0.25) is 0 Å². The fourth-order valence-corrected chi connectivity index (χ4v) is 3.43. The highest BCUT2D eigenvalue weighted by atomic mass is 79.9. The molecule has 0 aliphatic heterocycles. The summed E-state index contributed by atoms with van der Waals surface area (Å²) < 4.78 is 1.20. The highest BCUT2D eigenvalue weighted by Crippen LogP contribution is 2.24. The summed E-state index contributed by atoms with van der Waals surface area (Å²) in [7, 11) is 2.21. The molecule has 1 aliphatic carbocycles. The van der Waals surface area contributed by atoms with Crippen LogP contribution in [0.4, 0.5) is 0 Å². The zero-order valence-corrected chi connectivity index (χ0v) is 13.4. The van der Waals surface area contributed by atoms with Crippen molar-refractivity contribution < 1.29 is 0 Å². The van der Waals surface area contributed by atoms with Crippen LogP contribution in [0.1, 0.15) is 37.7 Å². The van der Waals surface area contributed by atoms with Crippen molar-refractivity contribution in [1.29, 1.82) is 0 Å². The summed E-state index contributed by atoms with van der Waals surface area (Å²) in [6, 6.07) is 8.86. The van der Waals surface area contributed by atoms with Crippen LogP contribution in [-0.4, -0.2) is 24.5 Å². The Labute approximate surface area is 125 Å². The smallest absolute Gasteiger partial charge is 0.0242 e. The van der Waals surface area contributed by atoms with Crippen molar-refractivity contribution in [3.05, 3.63) is 34.3 Å². The Morgan fingerprint density at radius 3 is 2.74 bits per heavy atom. The number of hydrogen-bond donors (Lipinski definition) is 1. The molecule has 0 saturated heterocycles. The van der Waals surface area contributed by atoms with Crippen LogP contribution in [-0.2, 0) is 6.54 Å². The average Bonchev–Trinajstić information content (AvgIpc) is 2.58. The minimum Gasteiger partial charge on any atom is -0.327 e. The van der Waals surface area contributed by atoms with Crippen molar-refractivity contribution in [3.63, 3.8) is 0 Å². The van der Waals surface area contributed by atoms with Gasteiger partial charge in [0.15, 0.2) is 0 Å². The van der Waals surface area contributed by atoms with Crippen LogP contribution in [0.15, 0.2) is 28.7 Å². The Morgan fingerprint density at radius 2 is 1.95 bits per heavy atom. The van der Waals surface area contributed by atoms with E-state index in [9.17, 15) is 0 Å². The maximum Gasteiger partial charge on any atom is 0.0242 e. The molecular formula is C16H25BrN2. The van der Waals surface area contributed by atoms with Crippen molar-refractivity contribution in [2.75, 3.05) is 13.6 Å². The Kier molecular flexibility index (Phi) is 5.86. The molecule has 2 atom stereocenters. The van der Waals surface area contributed by atoms with Crippen LogP contribution in [0.5, 0.6) is 0 Å². The lowest BCUT2D eigenvalue weighted by atomic mass is 9.95. The molecule has 0 amide bonds. The third-order valence-corrected chi connectivity index (χ3v) is 4.94. The quantitative estimate of drug-likeness (QED) is 0.854. The van der Waals surface area contributed by atoms with Gasteiger partial charge in [0, 0.05) is 23.6 Å². The monoisotopic (exact) mass is 324 g/mol. The van der Waals surface area contributed by atoms with E-state index in [1.807, 2.05) is 0 Å². The van der Waals surface area contributed by atoms with Gasteiger partial charge >= 0.3 is 0 Å². The summed E-state index contributed by atoms with van der Waals surface area (Å²) in [4.78, 5) is 2.41. The molecule has 0 aromatic heterocycles. The van der Waals surface area contributed by atoms with Gasteiger partial charge in [0.05, 0.1) is 0 Å². The van der Waals surface area contributed by atoms with E-state index in [0.717, 1.165) is 13.1 Å². The maximum absolute atomic E-state index is 6.31. The molecule has 2 unspecified atom stereocenters. The molecule has 0 spiro atoms. The maximum atomic E-state index is 6.31. The highest BCUT2D eigenvalue weighted by molar-refractivity contribution is 9.10. The molecule has 2 rings (SSSR count). The topological polar surface area (TPSA) is 29.3 Å². The summed E-state index contributed by atoms with van der Waals surface area (Å²) in [5.41, 5.74) is 7.67. The van der Waals surface area contributed by atoms with Gasteiger partial charge in [-0.15, -0.1) is 0 Å². The van der Waals surface area contributed by atoms with Crippen LogP contribution in [0, 0.1) is 5.92 Å². The molecule has 2 N–H and O–H groups in total. The predicted molar refractivity (Wildman–Crippen MR) is 85.0 cm³/mol. The molecule has 1 aromatic carbocycles. The summed E-state index contributed by atoms with van der Waals surface area (Å²) in [6.45, 7) is 2.10. The molecule has 0 heterocycles. The van der Waals surface area contributed by atoms with E-state index >= 15 is 0 Å². The van der Waals surface area contributed by atoms with E-state index in [4.69, 9.17) is 5.73 Å². The molecule has 3 heteroatoms. The first-order valence-corrected chi connectivity index (χ1v) is 8.13. The molecular weight excluding hydrogens is 300 g/mol. The second-order valence-corrected chi connectivity index (χ2v) is 6.70. The number of hydrogen-bond acceptors (Lipinski definition) is 2. The van der Waals surface area contributed by atoms with Gasteiger partial charge in [-0.3, -0.25) is 0 Å². The zero-order chi connectivity index (χ0) is 13.7. The van der Waals surface area contributed by atoms with Gasteiger partial charge < -0.3 is 10.6 Å². The zero-order valence-electron chi connectivity index (χ0n) is 11.8. The van der Waals surface area contributed by atoms with Crippen LogP contribution < -0.4 is 5.73 Å². The van der Waals surface area contributed by atoms with Gasteiger partial charge in [0.1, 0.15) is 0 Å². The fraction of sp³-hybridized carbons (Fsp3) is 0.625. The molecule has 0 radical (unpaired) electrons. The van der Waals surface area contributed by atoms with Crippen molar-refractivity contribution in [1.82, 2.24) is 4.90 Å². The van der Waals surface area contributed by atoms with E-state index in [1.165, 1.54) is 42.1 Å². The summed E-state index contributed by atoms with van der Waals surface area (Å²) in [5.74, 6) is 0.662. The average molecular weight is 325 g/mol. The first-order valence-electron chi connectivity index (χ1n) is 7.34. The summed E-state index contributed by atoms with van der Waals surface area (Å²) in [6.07, 6.45) is 6.51. The fourth-order valence-electron chi connectivity index (χ4n) is 3.02. The summed E-state index contributed by atoms with van der Waals surface area (Å²) in [5, 5.41) is 0. The molecule has 1 aromatic rings. The molecule has 0 bridgehead atoms. The van der Waals surface area contributed by atoms with Gasteiger partial charge in [-0.1, -0.05) is 53.4 Å². The number of benzene rings is 1. The second kappa shape index (κ2) is 7.41. The molecule has 1 fully saturated rings. The number of halogens is 1. The normalized spacial score (nSPS) is 24.4. The lowest BCUT2D eigenvalue weighted by Gasteiger charge is -2.27. The highest BCUT2D eigenvalue weighted by Gasteiger charge is 2.21. The standard InChI is InChI=1S/C16H25BrN2/c1-19(11-13-7-5-6-9-15(13)17)12-14-8-3-2-4-10-16(14)18/h5-7,9,14,16H,2-4,8,10-12,18H2,1H3. The third-order valence-electron chi connectivity index (χ3n) is 4.16. The van der Waals surface area contributed by atoms with Gasteiger partial charge in [-0.25, -0.2) is 0 Å². The lowest BCUT2D eigenvalue weighted by Crippen LogP contribution is -2.37. The summed E-state index contributed by atoms with van der Waals surface area (Å²) >= 11 is 3.62. The molecule has 1 aliphatic rings. The van der Waals surface area contributed by atoms with Crippen molar-refractivity contribution in [2.24, 2.45) is 11.7 Å². The van der Waals surface area contributed by atoms with Crippen molar-refractivity contribution in [3.8, 4) is 0 Å². The lowest BCUT2D eigenvalue weighted by molar-refractivity contribution is 0.236. The minimum absolute atomic E-state index is 0.393. The molecule has 106 valence electrons. The SMILES string of the molecule is CN(Cc1ccccc1Br)CC1CCCCCC1N. The first-order chi connectivity index (χ1) is 9.16. The van der Waals surface area contributed by atoms with Crippen LogP contribution in [0.25, 0.3) is 0 Å². The number of nitrogens with two attached hydrogens (primary N) is 1. The predicted octanol–water partition coefficient (Wildman–Crippen LogP) is 3.79. The second-order valence-electron chi connectivity index (χ2n) is 5.85. The largest absolute Gasteiger partial charge is 0.327 e. The van der Waals surface area contributed by atoms with Crippen molar-refractivity contribution >= 4 is 15.9 Å². The first kappa shape index (κ1) is 15.0. The Hall–Kier alpha value is -0.380.